The number of rotatable bonds is 4. The number of nitrogen functional groups attached to an aromatic ring is 1. The van der Waals surface area contributed by atoms with Crippen molar-refractivity contribution in [2.24, 2.45) is 5.73 Å². The zero-order valence-corrected chi connectivity index (χ0v) is 10.6. The highest BCUT2D eigenvalue weighted by Crippen LogP contribution is 2.26. The number of nitrogens with two attached hydrogens (primary N) is 1. The van der Waals surface area contributed by atoms with Crippen molar-refractivity contribution >= 4 is 17.3 Å². The van der Waals surface area contributed by atoms with Gasteiger partial charge < -0.3 is 10.6 Å². The number of benzene rings is 1. The Kier molecular flexibility index (Phi) is 3.75. The monoisotopic (exact) mass is 258 g/mol. The summed E-state index contributed by atoms with van der Waals surface area (Å²) in [5.41, 5.74) is 6.78. The molecule has 0 radical (unpaired) electrons. The molecule has 2 aromatic rings. The van der Waals surface area contributed by atoms with Crippen LogP contribution in [0.4, 0.5) is 15.9 Å². The number of amidine groups is 1. The summed E-state index contributed by atoms with van der Waals surface area (Å²) in [6.07, 6.45) is 1.63. The van der Waals surface area contributed by atoms with Crippen molar-refractivity contribution in [3.8, 4) is 0 Å². The third-order valence-corrected chi connectivity index (χ3v) is 2.77. The van der Waals surface area contributed by atoms with Gasteiger partial charge in [-0.25, -0.2) is 9.37 Å². The second-order valence-corrected chi connectivity index (χ2v) is 4.01. The van der Waals surface area contributed by atoms with Crippen molar-refractivity contribution in [1.82, 2.24) is 4.98 Å². The quantitative estimate of drug-likeness (QED) is 0.654. The van der Waals surface area contributed by atoms with Gasteiger partial charge in [0.2, 0.25) is 0 Å². The summed E-state index contributed by atoms with van der Waals surface area (Å²) < 4.78 is 13.3. The number of anilines is 2. The van der Waals surface area contributed by atoms with E-state index in [4.69, 9.17) is 11.1 Å². The van der Waals surface area contributed by atoms with Crippen LogP contribution in [0.3, 0.4) is 0 Å². The number of halogens is 1. The normalized spacial score (nSPS) is 10.2. The second kappa shape index (κ2) is 5.48. The summed E-state index contributed by atoms with van der Waals surface area (Å²) in [6.45, 7) is 2.53. The molecule has 0 fully saturated rings. The Morgan fingerprint density at radius 3 is 2.79 bits per heavy atom. The van der Waals surface area contributed by atoms with Gasteiger partial charge in [0.25, 0.3) is 0 Å². The van der Waals surface area contributed by atoms with Gasteiger partial charge in [0.05, 0.1) is 5.56 Å². The third kappa shape index (κ3) is 2.70. The first-order valence-corrected chi connectivity index (χ1v) is 5.96. The number of nitrogens with zero attached hydrogens (tertiary/aromatic N) is 2. The van der Waals surface area contributed by atoms with Crippen LogP contribution in [0.1, 0.15) is 12.5 Å². The molecule has 1 aromatic carbocycles. The molecule has 4 nitrogen and oxygen atoms in total. The standard InChI is InChI=1S/C14H15FN4/c1-2-19(11-6-3-5-10(15)9-11)14-12(13(16)17)7-4-8-18-14/h3-9H,2H2,1H3,(H3,16,17). The van der Waals surface area contributed by atoms with E-state index in [1.807, 2.05) is 11.8 Å². The Morgan fingerprint density at radius 1 is 1.37 bits per heavy atom. The maximum Gasteiger partial charge on any atom is 0.143 e. The minimum Gasteiger partial charge on any atom is -0.384 e. The molecule has 98 valence electrons. The molecular formula is C14H15FN4. The highest BCUT2D eigenvalue weighted by atomic mass is 19.1. The van der Waals surface area contributed by atoms with Crippen molar-refractivity contribution in [2.75, 3.05) is 11.4 Å². The predicted molar refractivity (Wildman–Crippen MR) is 74.3 cm³/mol. The topological polar surface area (TPSA) is 66.0 Å². The maximum atomic E-state index is 13.3. The summed E-state index contributed by atoms with van der Waals surface area (Å²) >= 11 is 0. The highest BCUT2D eigenvalue weighted by Gasteiger charge is 2.14. The summed E-state index contributed by atoms with van der Waals surface area (Å²) in [7, 11) is 0. The van der Waals surface area contributed by atoms with Crippen LogP contribution >= 0.6 is 0 Å². The molecular weight excluding hydrogens is 243 g/mol. The van der Waals surface area contributed by atoms with Crippen LogP contribution in [0.5, 0.6) is 0 Å². The van der Waals surface area contributed by atoms with Gasteiger partial charge >= 0.3 is 0 Å². The Balaban J connectivity index is 2.51. The highest BCUT2D eigenvalue weighted by molar-refractivity contribution is 6.00. The minimum absolute atomic E-state index is 0.0575. The van der Waals surface area contributed by atoms with Gasteiger partial charge in [0.15, 0.2) is 0 Å². The lowest BCUT2D eigenvalue weighted by molar-refractivity contribution is 0.627. The Hall–Kier alpha value is -2.43. The molecule has 3 N–H and O–H groups in total. The smallest absolute Gasteiger partial charge is 0.143 e. The van der Waals surface area contributed by atoms with Crippen LogP contribution in [0.15, 0.2) is 42.6 Å². The van der Waals surface area contributed by atoms with Crippen molar-refractivity contribution in [3.05, 3.63) is 54.0 Å². The van der Waals surface area contributed by atoms with Crippen LogP contribution in [0.2, 0.25) is 0 Å². The van der Waals surface area contributed by atoms with E-state index in [-0.39, 0.29) is 11.7 Å². The molecule has 0 bridgehead atoms. The van der Waals surface area contributed by atoms with E-state index >= 15 is 0 Å². The first-order chi connectivity index (χ1) is 9.13. The molecule has 2 rings (SSSR count). The summed E-state index contributed by atoms with van der Waals surface area (Å²) in [5.74, 6) is 0.192. The molecule has 0 amide bonds. The molecule has 0 aliphatic carbocycles. The molecule has 0 atom stereocenters. The van der Waals surface area contributed by atoms with Crippen molar-refractivity contribution in [3.63, 3.8) is 0 Å². The Labute approximate surface area is 111 Å². The summed E-state index contributed by atoms with van der Waals surface area (Å²) in [6, 6.07) is 9.71. The fourth-order valence-electron chi connectivity index (χ4n) is 1.92. The van der Waals surface area contributed by atoms with Crippen LogP contribution < -0.4 is 10.6 Å². The van der Waals surface area contributed by atoms with E-state index in [9.17, 15) is 4.39 Å². The van der Waals surface area contributed by atoms with Crippen molar-refractivity contribution in [1.29, 1.82) is 5.41 Å². The molecule has 0 aliphatic heterocycles. The van der Waals surface area contributed by atoms with Crippen LogP contribution in [-0.4, -0.2) is 17.4 Å². The number of hydrogen-bond donors (Lipinski definition) is 2. The minimum atomic E-state index is -0.309. The van der Waals surface area contributed by atoms with Crippen LogP contribution in [0, 0.1) is 11.2 Å². The molecule has 0 saturated carbocycles. The molecule has 19 heavy (non-hydrogen) atoms. The number of aromatic nitrogens is 1. The van der Waals surface area contributed by atoms with Gasteiger partial charge in [-0.1, -0.05) is 6.07 Å². The molecule has 1 heterocycles. The fraction of sp³-hybridized carbons (Fsp3) is 0.143. The average Bonchev–Trinajstić information content (AvgIpc) is 2.40. The van der Waals surface area contributed by atoms with Gasteiger partial charge in [-0.2, -0.15) is 0 Å². The van der Waals surface area contributed by atoms with Gasteiger partial charge in [-0.15, -0.1) is 0 Å². The van der Waals surface area contributed by atoms with Gasteiger partial charge in [0, 0.05) is 18.4 Å². The largest absolute Gasteiger partial charge is 0.384 e. The average molecular weight is 258 g/mol. The van der Waals surface area contributed by atoms with E-state index in [1.54, 1.807) is 30.5 Å². The second-order valence-electron chi connectivity index (χ2n) is 4.01. The lowest BCUT2D eigenvalue weighted by Crippen LogP contribution is -2.23. The lowest BCUT2D eigenvalue weighted by atomic mass is 10.2. The summed E-state index contributed by atoms with van der Waals surface area (Å²) in [5, 5.41) is 7.59. The number of nitrogens with one attached hydrogen (secondary N) is 1. The molecule has 5 heteroatoms. The van der Waals surface area contributed by atoms with Gasteiger partial charge in [0.1, 0.15) is 17.5 Å². The fourth-order valence-corrected chi connectivity index (χ4v) is 1.92. The molecule has 1 aromatic heterocycles. The van der Waals surface area contributed by atoms with E-state index < -0.39 is 0 Å². The van der Waals surface area contributed by atoms with E-state index in [1.165, 1.54) is 12.1 Å². The van der Waals surface area contributed by atoms with Gasteiger partial charge in [-0.05, 0) is 37.3 Å². The SMILES string of the molecule is CCN(c1cccc(F)c1)c1ncccc1C(=N)N. The van der Waals surface area contributed by atoms with Crippen molar-refractivity contribution in [2.45, 2.75) is 6.92 Å². The number of pyridine rings is 1. The zero-order chi connectivity index (χ0) is 13.8. The molecule has 0 spiro atoms. The first kappa shape index (κ1) is 13.0. The van der Waals surface area contributed by atoms with Crippen LogP contribution in [-0.2, 0) is 0 Å². The summed E-state index contributed by atoms with van der Waals surface area (Å²) in [4.78, 5) is 6.08. The maximum absolute atomic E-state index is 13.3. The zero-order valence-electron chi connectivity index (χ0n) is 10.6. The first-order valence-electron chi connectivity index (χ1n) is 5.96. The predicted octanol–water partition coefficient (Wildman–Crippen LogP) is 2.66. The van der Waals surface area contributed by atoms with E-state index in [2.05, 4.69) is 4.98 Å². The molecule has 0 saturated heterocycles. The Morgan fingerprint density at radius 2 is 2.16 bits per heavy atom. The van der Waals surface area contributed by atoms with E-state index in [0.29, 0.717) is 23.6 Å². The van der Waals surface area contributed by atoms with Crippen LogP contribution in [0.25, 0.3) is 0 Å². The number of hydrogen-bond acceptors (Lipinski definition) is 3. The van der Waals surface area contributed by atoms with Gasteiger partial charge in [-0.3, -0.25) is 5.41 Å². The Bertz CT molecular complexity index is 598. The molecule has 0 unspecified atom stereocenters. The van der Waals surface area contributed by atoms with Crippen molar-refractivity contribution < 1.29 is 4.39 Å². The van der Waals surface area contributed by atoms with E-state index in [0.717, 1.165) is 0 Å². The molecule has 0 aliphatic rings. The third-order valence-electron chi connectivity index (χ3n) is 2.77. The lowest BCUT2D eigenvalue weighted by Gasteiger charge is -2.24.